The number of hydrogen-bond acceptors (Lipinski definition) is 5. The van der Waals surface area contributed by atoms with Crippen LogP contribution in [0.1, 0.15) is 30.4 Å². The molecule has 170 valence electrons. The van der Waals surface area contributed by atoms with Crippen LogP contribution in [0.2, 0.25) is 0 Å². The van der Waals surface area contributed by atoms with Gasteiger partial charge in [-0.2, -0.15) is 0 Å². The van der Waals surface area contributed by atoms with E-state index in [2.05, 4.69) is 10.3 Å². The minimum atomic E-state index is -0.210. The molecule has 2 aliphatic heterocycles. The van der Waals surface area contributed by atoms with Gasteiger partial charge in [0, 0.05) is 57.1 Å². The van der Waals surface area contributed by atoms with E-state index in [-0.39, 0.29) is 23.1 Å². The second kappa shape index (κ2) is 10.1. The molecule has 1 spiro atoms. The Morgan fingerprint density at radius 2 is 1.84 bits per heavy atom. The lowest BCUT2D eigenvalue weighted by atomic mass is 9.71. The average Bonchev–Trinajstić information content (AvgIpc) is 3.21. The van der Waals surface area contributed by atoms with Gasteiger partial charge < -0.3 is 19.7 Å². The summed E-state index contributed by atoms with van der Waals surface area (Å²) in [6.45, 7) is 2.86. The third kappa shape index (κ3) is 5.10. The molecule has 1 atom stereocenters. The zero-order valence-corrected chi connectivity index (χ0v) is 18.6. The van der Waals surface area contributed by atoms with Gasteiger partial charge in [-0.3, -0.25) is 14.6 Å². The van der Waals surface area contributed by atoms with Gasteiger partial charge in [-0.1, -0.05) is 12.1 Å². The number of carbonyl (C=O) groups is 2. The first-order valence-corrected chi connectivity index (χ1v) is 11.2. The van der Waals surface area contributed by atoms with Crippen molar-refractivity contribution in [1.82, 2.24) is 15.2 Å². The van der Waals surface area contributed by atoms with Crippen LogP contribution in [0.15, 0.2) is 48.8 Å². The van der Waals surface area contributed by atoms with Crippen molar-refractivity contribution in [3.05, 3.63) is 59.9 Å². The molecule has 1 aromatic heterocycles. The summed E-state index contributed by atoms with van der Waals surface area (Å²) in [7, 11) is 1.64. The number of aryl methyl sites for hydroxylation is 1. The minimum absolute atomic E-state index is 0.0224. The number of pyridine rings is 1. The van der Waals surface area contributed by atoms with E-state index in [1.165, 1.54) is 0 Å². The largest absolute Gasteiger partial charge is 0.497 e. The van der Waals surface area contributed by atoms with Gasteiger partial charge >= 0.3 is 0 Å². The molecule has 1 unspecified atom stereocenters. The number of methoxy groups -OCH3 is 1. The van der Waals surface area contributed by atoms with E-state index >= 15 is 0 Å². The fraction of sp³-hybridized carbons (Fsp3) is 0.480. The number of rotatable bonds is 7. The Morgan fingerprint density at radius 3 is 2.53 bits per heavy atom. The molecule has 7 nitrogen and oxygen atoms in total. The monoisotopic (exact) mass is 437 g/mol. The van der Waals surface area contributed by atoms with Crippen molar-refractivity contribution in [2.75, 3.05) is 33.4 Å². The molecule has 0 saturated carbocycles. The summed E-state index contributed by atoms with van der Waals surface area (Å²) in [5, 5.41) is 3.08. The van der Waals surface area contributed by atoms with E-state index in [9.17, 15) is 9.59 Å². The Kier molecular flexibility index (Phi) is 7.05. The zero-order chi connectivity index (χ0) is 22.4. The van der Waals surface area contributed by atoms with Crippen molar-refractivity contribution in [1.29, 1.82) is 0 Å². The lowest BCUT2D eigenvalue weighted by Crippen LogP contribution is -2.44. The molecule has 2 amide bonds. The van der Waals surface area contributed by atoms with Gasteiger partial charge in [0.25, 0.3) is 0 Å². The van der Waals surface area contributed by atoms with E-state index in [1.807, 2.05) is 41.3 Å². The van der Waals surface area contributed by atoms with E-state index in [0.717, 1.165) is 29.7 Å². The molecule has 32 heavy (non-hydrogen) atoms. The number of benzene rings is 1. The standard InChI is InChI=1S/C25H31N3O4/c1-31-21-5-2-19(3-6-21)4-7-23(29)28-17-22(25(18-28)10-14-32-15-11-25)24(30)27-16-20-8-12-26-13-9-20/h2-3,5-6,8-9,12-13,22H,4,7,10-11,14-18H2,1H3,(H,27,30). The Labute approximate surface area is 189 Å². The highest BCUT2D eigenvalue weighted by Crippen LogP contribution is 2.44. The van der Waals surface area contributed by atoms with Crippen LogP contribution in [0.4, 0.5) is 0 Å². The molecule has 2 aromatic rings. The molecule has 2 saturated heterocycles. The van der Waals surface area contributed by atoms with Crippen LogP contribution in [0.3, 0.4) is 0 Å². The number of amides is 2. The van der Waals surface area contributed by atoms with E-state index in [1.54, 1.807) is 19.5 Å². The minimum Gasteiger partial charge on any atom is -0.497 e. The first kappa shape index (κ1) is 22.3. The highest BCUT2D eigenvalue weighted by Gasteiger charge is 2.51. The van der Waals surface area contributed by atoms with Gasteiger partial charge in [0.1, 0.15) is 5.75 Å². The SMILES string of the molecule is COc1ccc(CCC(=O)N2CC(C(=O)NCc3ccncc3)C3(CCOCC3)C2)cc1. The summed E-state index contributed by atoms with van der Waals surface area (Å²) in [4.78, 5) is 32.1. The molecule has 4 rings (SSSR count). The van der Waals surface area contributed by atoms with Crippen molar-refractivity contribution in [2.24, 2.45) is 11.3 Å². The van der Waals surface area contributed by atoms with E-state index in [4.69, 9.17) is 9.47 Å². The van der Waals surface area contributed by atoms with Crippen molar-refractivity contribution in [3.63, 3.8) is 0 Å². The summed E-state index contributed by atoms with van der Waals surface area (Å²) < 4.78 is 10.8. The Hall–Kier alpha value is -2.93. The molecule has 3 heterocycles. The number of nitrogens with zero attached hydrogens (tertiary/aromatic N) is 2. The first-order chi connectivity index (χ1) is 15.6. The second-order valence-corrected chi connectivity index (χ2v) is 8.72. The summed E-state index contributed by atoms with van der Waals surface area (Å²) >= 11 is 0. The van der Waals surface area contributed by atoms with Gasteiger partial charge in [0.15, 0.2) is 0 Å². The molecule has 0 bridgehead atoms. The highest BCUT2D eigenvalue weighted by molar-refractivity contribution is 5.83. The predicted molar refractivity (Wildman–Crippen MR) is 120 cm³/mol. The number of carbonyl (C=O) groups excluding carboxylic acids is 2. The lowest BCUT2D eigenvalue weighted by Gasteiger charge is -2.37. The zero-order valence-electron chi connectivity index (χ0n) is 18.6. The number of ether oxygens (including phenoxy) is 2. The van der Waals surface area contributed by atoms with E-state index in [0.29, 0.717) is 45.7 Å². The fourth-order valence-corrected chi connectivity index (χ4v) is 4.82. The number of nitrogens with one attached hydrogen (secondary N) is 1. The molecule has 2 aliphatic rings. The van der Waals surface area contributed by atoms with Gasteiger partial charge in [0.2, 0.25) is 11.8 Å². The summed E-state index contributed by atoms with van der Waals surface area (Å²) in [5.74, 6) is 0.727. The predicted octanol–water partition coefficient (Wildman–Crippen LogP) is 2.59. The Balaban J connectivity index is 1.39. The first-order valence-electron chi connectivity index (χ1n) is 11.2. The Bertz CT molecular complexity index is 911. The van der Waals surface area contributed by atoms with Gasteiger partial charge in [-0.25, -0.2) is 0 Å². The van der Waals surface area contributed by atoms with Crippen molar-refractivity contribution >= 4 is 11.8 Å². The van der Waals surface area contributed by atoms with Crippen LogP contribution in [-0.2, 0) is 27.3 Å². The van der Waals surface area contributed by atoms with Crippen molar-refractivity contribution in [3.8, 4) is 5.75 Å². The Morgan fingerprint density at radius 1 is 1.12 bits per heavy atom. The van der Waals surface area contributed by atoms with Crippen molar-refractivity contribution in [2.45, 2.75) is 32.2 Å². The quantitative estimate of drug-likeness (QED) is 0.720. The topological polar surface area (TPSA) is 80.8 Å². The third-order valence-electron chi connectivity index (χ3n) is 6.81. The molecule has 2 fully saturated rings. The third-order valence-corrected chi connectivity index (χ3v) is 6.81. The fourth-order valence-electron chi connectivity index (χ4n) is 4.82. The van der Waals surface area contributed by atoms with Gasteiger partial charge in [0.05, 0.1) is 13.0 Å². The number of likely N-dealkylation sites (tertiary alicyclic amines) is 1. The molecule has 7 heteroatoms. The van der Waals surface area contributed by atoms with Crippen molar-refractivity contribution < 1.29 is 19.1 Å². The second-order valence-electron chi connectivity index (χ2n) is 8.72. The molecule has 1 aromatic carbocycles. The van der Waals surface area contributed by atoms with Crippen LogP contribution < -0.4 is 10.1 Å². The van der Waals surface area contributed by atoms with Gasteiger partial charge in [-0.05, 0) is 54.7 Å². The van der Waals surface area contributed by atoms with Crippen LogP contribution in [-0.4, -0.2) is 55.1 Å². The summed E-state index contributed by atoms with van der Waals surface area (Å²) in [6.07, 6.45) is 6.17. The molecule has 1 N–H and O–H groups in total. The van der Waals surface area contributed by atoms with E-state index < -0.39 is 0 Å². The summed E-state index contributed by atoms with van der Waals surface area (Å²) in [5.41, 5.74) is 1.92. The summed E-state index contributed by atoms with van der Waals surface area (Å²) in [6, 6.07) is 11.6. The molecular weight excluding hydrogens is 406 g/mol. The molecular formula is C25H31N3O4. The maximum Gasteiger partial charge on any atom is 0.225 e. The smallest absolute Gasteiger partial charge is 0.225 e. The molecule has 0 aliphatic carbocycles. The average molecular weight is 438 g/mol. The van der Waals surface area contributed by atoms with Crippen LogP contribution >= 0.6 is 0 Å². The van der Waals surface area contributed by atoms with Crippen LogP contribution in [0, 0.1) is 11.3 Å². The lowest BCUT2D eigenvalue weighted by molar-refractivity contribution is -0.130. The van der Waals surface area contributed by atoms with Crippen LogP contribution in [0.5, 0.6) is 5.75 Å². The number of aromatic nitrogens is 1. The van der Waals surface area contributed by atoms with Gasteiger partial charge in [-0.15, -0.1) is 0 Å². The molecule has 0 radical (unpaired) electrons. The maximum atomic E-state index is 13.2. The van der Waals surface area contributed by atoms with Crippen LogP contribution in [0.25, 0.3) is 0 Å². The highest BCUT2D eigenvalue weighted by atomic mass is 16.5. The normalized spacial score (nSPS) is 19.7. The number of hydrogen-bond donors (Lipinski definition) is 1. The maximum absolute atomic E-state index is 13.2.